The molecule has 8 heteroatoms. The fourth-order valence-corrected chi connectivity index (χ4v) is 3.13. The van der Waals surface area contributed by atoms with Crippen LogP contribution in [-0.2, 0) is 10.0 Å². The van der Waals surface area contributed by atoms with E-state index < -0.39 is 10.0 Å². The van der Waals surface area contributed by atoms with Crippen molar-refractivity contribution in [3.63, 3.8) is 0 Å². The van der Waals surface area contributed by atoms with Crippen LogP contribution < -0.4 is 10.0 Å². The van der Waals surface area contributed by atoms with E-state index in [9.17, 15) is 8.42 Å². The maximum Gasteiger partial charge on any atom is 0.242 e. The van der Waals surface area contributed by atoms with Gasteiger partial charge in [0.15, 0.2) is 0 Å². The Kier molecular flexibility index (Phi) is 8.98. The Morgan fingerprint density at radius 2 is 1.84 bits per heavy atom. The summed E-state index contributed by atoms with van der Waals surface area (Å²) in [6.45, 7) is 3.79. The summed E-state index contributed by atoms with van der Waals surface area (Å²) in [5, 5.41) is 3.60. The van der Waals surface area contributed by atoms with E-state index in [1.54, 1.807) is 6.07 Å². The van der Waals surface area contributed by atoms with Gasteiger partial charge in [-0.2, -0.15) is 0 Å². The summed E-state index contributed by atoms with van der Waals surface area (Å²) >= 11 is 11.6. The third kappa shape index (κ3) is 6.29. The molecule has 0 unspecified atom stereocenters. The second-order valence-electron chi connectivity index (χ2n) is 3.72. The van der Waals surface area contributed by atoms with Crippen LogP contribution >= 0.6 is 35.6 Å². The highest BCUT2D eigenvalue weighted by Crippen LogP contribution is 2.24. The van der Waals surface area contributed by atoms with E-state index in [1.807, 2.05) is 6.92 Å². The molecule has 0 amide bonds. The first-order valence-corrected chi connectivity index (χ1v) is 7.86. The first-order chi connectivity index (χ1) is 8.47. The minimum Gasteiger partial charge on any atom is -0.315 e. The molecule has 2 N–H and O–H groups in total. The van der Waals surface area contributed by atoms with Crippen LogP contribution in [0.3, 0.4) is 0 Å². The molecule has 1 aromatic carbocycles. The van der Waals surface area contributed by atoms with E-state index in [0.717, 1.165) is 13.0 Å². The van der Waals surface area contributed by atoms with Gasteiger partial charge < -0.3 is 5.32 Å². The molecule has 0 saturated carbocycles. The third-order valence-corrected chi connectivity index (χ3v) is 4.38. The first-order valence-electron chi connectivity index (χ1n) is 5.63. The number of halogens is 3. The average Bonchev–Trinajstić information content (AvgIpc) is 2.32. The fraction of sp³-hybridized carbons (Fsp3) is 0.455. The summed E-state index contributed by atoms with van der Waals surface area (Å²) in [7, 11) is -3.61. The number of sulfonamides is 1. The van der Waals surface area contributed by atoms with Crippen LogP contribution in [0, 0.1) is 0 Å². The van der Waals surface area contributed by atoms with Gasteiger partial charge in [0, 0.05) is 18.1 Å². The van der Waals surface area contributed by atoms with Crippen molar-refractivity contribution in [1.82, 2.24) is 10.0 Å². The largest absolute Gasteiger partial charge is 0.315 e. The minimum absolute atomic E-state index is 0. The average molecular weight is 348 g/mol. The van der Waals surface area contributed by atoms with Crippen molar-refractivity contribution in [2.75, 3.05) is 19.6 Å². The van der Waals surface area contributed by atoms with Crippen molar-refractivity contribution in [1.29, 1.82) is 0 Å². The highest BCUT2D eigenvalue weighted by molar-refractivity contribution is 7.89. The van der Waals surface area contributed by atoms with Gasteiger partial charge in [-0.25, -0.2) is 13.1 Å². The second kappa shape index (κ2) is 9.00. The summed E-state index contributed by atoms with van der Waals surface area (Å²) in [6, 6.07) is 4.35. The molecule has 4 nitrogen and oxygen atoms in total. The second-order valence-corrected chi connectivity index (χ2v) is 6.30. The Labute approximate surface area is 130 Å². The van der Waals surface area contributed by atoms with Crippen LogP contribution in [0.1, 0.15) is 13.3 Å². The van der Waals surface area contributed by atoms with Crippen molar-refractivity contribution in [2.24, 2.45) is 0 Å². The van der Waals surface area contributed by atoms with Crippen LogP contribution in [-0.4, -0.2) is 28.1 Å². The van der Waals surface area contributed by atoms with Gasteiger partial charge in [-0.05, 0) is 31.2 Å². The van der Waals surface area contributed by atoms with Crippen LogP contribution in [0.2, 0.25) is 10.0 Å². The zero-order chi connectivity index (χ0) is 13.6. The predicted molar refractivity (Wildman–Crippen MR) is 82.1 cm³/mol. The number of hydrogen-bond donors (Lipinski definition) is 2. The Bertz CT molecular complexity index is 495. The summed E-state index contributed by atoms with van der Waals surface area (Å²) in [5.41, 5.74) is 0. The van der Waals surface area contributed by atoms with Crippen LogP contribution in [0.15, 0.2) is 23.1 Å². The summed E-state index contributed by atoms with van der Waals surface area (Å²) in [5.74, 6) is 0. The zero-order valence-electron chi connectivity index (χ0n) is 10.4. The predicted octanol–water partition coefficient (Wildman–Crippen LogP) is 2.69. The Balaban J connectivity index is 0.00000324. The van der Waals surface area contributed by atoms with Gasteiger partial charge in [-0.3, -0.25) is 0 Å². The molecule has 0 aliphatic rings. The topological polar surface area (TPSA) is 58.2 Å². The monoisotopic (exact) mass is 346 g/mol. The number of hydrogen-bond acceptors (Lipinski definition) is 3. The molecule has 1 rings (SSSR count). The number of nitrogens with one attached hydrogen (secondary N) is 2. The quantitative estimate of drug-likeness (QED) is 0.746. The van der Waals surface area contributed by atoms with Crippen LogP contribution in [0.4, 0.5) is 0 Å². The first kappa shape index (κ1) is 19.0. The summed E-state index contributed by atoms with van der Waals surface area (Å²) < 4.78 is 26.4. The molecule has 0 fully saturated rings. The SMILES string of the molecule is CCCNCCNS(=O)(=O)c1cc(Cl)ccc1Cl.Cl. The molecular weight excluding hydrogens is 331 g/mol. The van der Waals surface area contributed by atoms with Gasteiger partial charge in [0.05, 0.1) is 5.02 Å². The molecular formula is C11H17Cl3N2O2S. The number of benzene rings is 1. The normalized spacial score (nSPS) is 11.1. The van der Waals surface area contributed by atoms with Gasteiger partial charge in [-0.1, -0.05) is 30.1 Å². The van der Waals surface area contributed by atoms with E-state index in [0.29, 0.717) is 18.1 Å². The van der Waals surface area contributed by atoms with Crippen molar-refractivity contribution < 1.29 is 8.42 Å². The van der Waals surface area contributed by atoms with Gasteiger partial charge in [-0.15, -0.1) is 12.4 Å². The lowest BCUT2D eigenvalue weighted by molar-refractivity contribution is 0.575. The standard InChI is InChI=1S/C11H16Cl2N2O2S.ClH/c1-2-5-14-6-7-15-18(16,17)11-8-9(12)3-4-10(11)13;/h3-4,8,14-15H,2,5-7H2,1H3;1H. The van der Waals surface area contributed by atoms with E-state index in [1.165, 1.54) is 12.1 Å². The van der Waals surface area contributed by atoms with Gasteiger partial charge in [0.25, 0.3) is 0 Å². The van der Waals surface area contributed by atoms with Crippen molar-refractivity contribution in [3.05, 3.63) is 28.2 Å². The molecule has 0 radical (unpaired) electrons. The van der Waals surface area contributed by atoms with Crippen LogP contribution in [0.25, 0.3) is 0 Å². The maximum absolute atomic E-state index is 12.0. The molecule has 0 aromatic heterocycles. The molecule has 0 aliphatic heterocycles. The molecule has 110 valence electrons. The minimum atomic E-state index is -3.61. The van der Waals surface area contributed by atoms with Gasteiger partial charge in [0.2, 0.25) is 10.0 Å². The molecule has 0 saturated heterocycles. The molecule has 1 aromatic rings. The molecule has 0 atom stereocenters. The van der Waals surface area contributed by atoms with E-state index in [2.05, 4.69) is 10.0 Å². The van der Waals surface area contributed by atoms with Crippen LogP contribution in [0.5, 0.6) is 0 Å². The zero-order valence-corrected chi connectivity index (χ0v) is 13.6. The smallest absolute Gasteiger partial charge is 0.242 e. The maximum atomic E-state index is 12.0. The highest BCUT2D eigenvalue weighted by atomic mass is 35.5. The lowest BCUT2D eigenvalue weighted by Crippen LogP contribution is -2.32. The summed E-state index contributed by atoms with van der Waals surface area (Å²) in [6.07, 6.45) is 1.01. The van der Waals surface area contributed by atoms with E-state index in [-0.39, 0.29) is 22.3 Å². The number of rotatable bonds is 7. The van der Waals surface area contributed by atoms with Crippen molar-refractivity contribution in [2.45, 2.75) is 18.2 Å². The van der Waals surface area contributed by atoms with Crippen molar-refractivity contribution in [3.8, 4) is 0 Å². The summed E-state index contributed by atoms with van der Waals surface area (Å²) in [4.78, 5) is 0.00663. The Morgan fingerprint density at radius 3 is 2.47 bits per heavy atom. The highest BCUT2D eigenvalue weighted by Gasteiger charge is 2.17. The van der Waals surface area contributed by atoms with Gasteiger partial charge >= 0.3 is 0 Å². The lowest BCUT2D eigenvalue weighted by atomic mass is 10.4. The molecule has 0 aliphatic carbocycles. The van der Waals surface area contributed by atoms with E-state index in [4.69, 9.17) is 23.2 Å². The van der Waals surface area contributed by atoms with Crippen molar-refractivity contribution >= 4 is 45.6 Å². The Hall–Kier alpha value is -0.0400. The third-order valence-electron chi connectivity index (χ3n) is 2.20. The Morgan fingerprint density at radius 1 is 1.16 bits per heavy atom. The molecule has 0 spiro atoms. The molecule has 0 bridgehead atoms. The molecule has 0 heterocycles. The fourth-order valence-electron chi connectivity index (χ4n) is 1.34. The molecule has 19 heavy (non-hydrogen) atoms. The van der Waals surface area contributed by atoms with E-state index >= 15 is 0 Å². The van der Waals surface area contributed by atoms with Gasteiger partial charge in [0.1, 0.15) is 4.90 Å². The lowest BCUT2D eigenvalue weighted by Gasteiger charge is -2.09.